The Labute approximate surface area is 140 Å². The molecule has 1 rings (SSSR count). The molecular formula is C12H15BrCl2F2N2O2. The van der Waals surface area contributed by atoms with E-state index in [4.69, 9.17) is 22.1 Å². The molecule has 0 fully saturated rings. The van der Waals surface area contributed by atoms with Gasteiger partial charge in [-0.25, -0.2) is 8.78 Å². The highest BCUT2D eigenvalue weighted by atomic mass is 79.9. The maximum atomic E-state index is 12.8. The van der Waals surface area contributed by atoms with Gasteiger partial charge in [-0.1, -0.05) is 11.6 Å². The van der Waals surface area contributed by atoms with Crippen LogP contribution in [0.5, 0.6) is 5.75 Å². The van der Waals surface area contributed by atoms with Gasteiger partial charge < -0.3 is 15.8 Å². The SMILES string of the molecule is Cl.NCC(F)(F)CNC(=O)CCOc1ccc(Cl)cc1Br. The predicted octanol–water partition coefficient (Wildman–Crippen LogP) is 3.00. The van der Waals surface area contributed by atoms with Crippen LogP contribution in [0.2, 0.25) is 5.02 Å². The highest BCUT2D eigenvalue weighted by molar-refractivity contribution is 9.10. The minimum Gasteiger partial charge on any atom is -0.492 e. The first-order valence-corrected chi connectivity index (χ1v) is 6.93. The highest BCUT2D eigenvalue weighted by Gasteiger charge is 2.26. The number of amides is 1. The van der Waals surface area contributed by atoms with Crippen LogP contribution < -0.4 is 15.8 Å². The van der Waals surface area contributed by atoms with E-state index in [-0.39, 0.29) is 25.4 Å². The second-order valence-electron chi connectivity index (χ2n) is 4.01. The van der Waals surface area contributed by atoms with Crippen LogP contribution in [0, 0.1) is 0 Å². The molecule has 0 spiro atoms. The van der Waals surface area contributed by atoms with Gasteiger partial charge in [-0.05, 0) is 34.1 Å². The summed E-state index contributed by atoms with van der Waals surface area (Å²) in [5.41, 5.74) is 4.86. The van der Waals surface area contributed by atoms with Gasteiger partial charge in [0.05, 0.1) is 30.6 Å². The summed E-state index contributed by atoms with van der Waals surface area (Å²) in [6, 6.07) is 4.94. The Morgan fingerprint density at radius 3 is 2.71 bits per heavy atom. The maximum absolute atomic E-state index is 12.8. The molecule has 1 amide bonds. The van der Waals surface area contributed by atoms with E-state index in [0.29, 0.717) is 15.2 Å². The number of carbonyl (C=O) groups is 1. The molecule has 1 aromatic carbocycles. The zero-order valence-electron chi connectivity index (χ0n) is 10.9. The fourth-order valence-corrected chi connectivity index (χ4v) is 2.03. The van der Waals surface area contributed by atoms with Gasteiger partial charge in [0.2, 0.25) is 5.91 Å². The number of ether oxygens (including phenoxy) is 1. The zero-order chi connectivity index (χ0) is 15.2. The van der Waals surface area contributed by atoms with E-state index < -0.39 is 24.9 Å². The van der Waals surface area contributed by atoms with Crippen molar-refractivity contribution in [3.63, 3.8) is 0 Å². The Balaban J connectivity index is 0.00000400. The fraction of sp³-hybridized carbons (Fsp3) is 0.417. The summed E-state index contributed by atoms with van der Waals surface area (Å²) in [4.78, 5) is 11.3. The van der Waals surface area contributed by atoms with E-state index in [2.05, 4.69) is 21.2 Å². The van der Waals surface area contributed by atoms with Gasteiger partial charge in [0.25, 0.3) is 5.92 Å². The van der Waals surface area contributed by atoms with Crippen LogP contribution in [0.4, 0.5) is 8.78 Å². The second kappa shape index (κ2) is 9.40. The Morgan fingerprint density at radius 2 is 2.14 bits per heavy atom. The normalized spacial score (nSPS) is 10.7. The summed E-state index contributed by atoms with van der Waals surface area (Å²) in [6.07, 6.45) is -0.0320. The van der Waals surface area contributed by atoms with E-state index in [0.717, 1.165) is 0 Å². The molecule has 0 aliphatic rings. The van der Waals surface area contributed by atoms with Crippen molar-refractivity contribution in [1.82, 2.24) is 5.32 Å². The highest BCUT2D eigenvalue weighted by Crippen LogP contribution is 2.27. The molecule has 0 aromatic heterocycles. The lowest BCUT2D eigenvalue weighted by Gasteiger charge is -2.14. The van der Waals surface area contributed by atoms with Crippen molar-refractivity contribution in [1.29, 1.82) is 0 Å². The largest absolute Gasteiger partial charge is 0.492 e. The second-order valence-corrected chi connectivity index (χ2v) is 5.30. The summed E-state index contributed by atoms with van der Waals surface area (Å²) < 4.78 is 31.6. The lowest BCUT2D eigenvalue weighted by atomic mass is 10.3. The quantitative estimate of drug-likeness (QED) is 0.730. The number of benzene rings is 1. The predicted molar refractivity (Wildman–Crippen MR) is 83.5 cm³/mol. The van der Waals surface area contributed by atoms with Crippen molar-refractivity contribution in [3.8, 4) is 5.75 Å². The van der Waals surface area contributed by atoms with Crippen molar-refractivity contribution < 1.29 is 18.3 Å². The monoisotopic (exact) mass is 406 g/mol. The van der Waals surface area contributed by atoms with E-state index in [9.17, 15) is 13.6 Å². The summed E-state index contributed by atoms with van der Waals surface area (Å²) in [5, 5.41) is 2.65. The van der Waals surface area contributed by atoms with Crippen molar-refractivity contribution in [3.05, 3.63) is 27.7 Å². The average Bonchev–Trinajstić information content (AvgIpc) is 2.39. The molecule has 0 saturated heterocycles. The summed E-state index contributed by atoms with van der Waals surface area (Å²) >= 11 is 9.03. The van der Waals surface area contributed by atoms with Crippen LogP contribution in [0.1, 0.15) is 6.42 Å². The molecule has 0 heterocycles. The summed E-state index contributed by atoms with van der Waals surface area (Å²) in [5.74, 6) is -3.09. The Bertz CT molecular complexity index is 479. The first-order valence-electron chi connectivity index (χ1n) is 5.76. The van der Waals surface area contributed by atoms with Crippen molar-refractivity contribution >= 4 is 45.8 Å². The standard InChI is InChI=1S/C12H14BrClF2N2O2.ClH/c13-9-5-8(14)1-2-10(9)20-4-3-11(19)18-7-12(15,16)6-17;/h1-2,5H,3-4,6-7,17H2,(H,18,19);1H. The average molecular weight is 408 g/mol. The zero-order valence-corrected chi connectivity index (χ0v) is 14.0. The van der Waals surface area contributed by atoms with Gasteiger partial charge in [-0.15, -0.1) is 12.4 Å². The minimum absolute atomic E-state index is 0. The van der Waals surface area contributed by atoms with Crippen molar-refractivity contribution in [2.75, 3.05) is 19.7 Å². The van der Waals surface area contributed by atoms with E-state index >= 15 is 0 Å². The number of nitrogens with two attached hydrogens (primary N) is 1. The van der Waals surface area contributed by atoms with Crippen LogP contribution in [0.3, 0.4) is 0 Å². The lowest BCUT2D eigenvalue weighted by Crippen LogP contribution is -2.41. The lowest BCUT2D eigenvalue weighted by molar-refractivity contribution is -0.123. The molecule has 0 atom stereocenters. The Kier molecular flexibility index (Phi) is 9.12. The first-order chi connectivity index (χ1) is 9.34. The van der Waals surface area contributed by atoms with E-state index in [1.54, 1.807) is 18.2 Å². The molecule has 4 nitrogen and oxygen atoms in total. The number of carbonyl (C=O) groups excluding carboxylic acids is 1. The molecule has 0 saturated carbocycles. The van der Waals surface area contributed by atoms with Gasteiger partial charge >= 0.3 is 0 Å². The van der Waals surface area contributed by atoms with Crippen LogP contribution in [0.15, 0.2) is 22.7 Å². The van der Waals surface area contributed by atoms with E-state index in [1.807, 2.05) is 0 Å². The number of alkyl halides is 2. The molecular weight excluding hydrogens is 393 g/mol. The molecule has 0 aliphatic carbocycles. The molecule has 0 bridgehead atoms. The van der Waals surface area contributed by atoms with Crippen molar-refractivity contribution in [2.45, 2.75) is 12.3 Å². The number of halogens is 5. The van der Waals surface area contributed by atoms with Gasteiger partial charge in [-0.2, -0.15) is 0 Å². The third kappa shape index (κ3) is 7.80. The molecule has 120 valence electrons. The molecule has 0 unspecified atom stereocenters. The summed E-state index contributed by atoms with van der Waals surface area (Å²) in [7, 11) is 0. The van der Waals surface area contributed by atoms with Crippen LogP contribution >= 0.6 is 39.9 Å². The van der Waals surface area contributed by atoms with Crippen LogP contribution in [-0.2, 0) is 4.79 Å². The Hall–Kier alpha value is -0.630. The molecule has 3 N–H and O–H groups in total. The number of rotatable bonds is 7. The molecule has 21 heavy (non-hydrogen) atoms. The molecule has 0 aliphatic heterocycles. The van der Waals surface area contributed by atoms with E-state index in [1.165, 1.54) is 0 Å². The van der Waals surface area contributed by atoms with Crippen molar-refractivity contribution in [2.24, 2.45) is 5.73 Å². The smallest absolute Gasteiger partial charge is 0.277 e. The first kappa shape index (κ1) is 20.4. The fourth-order valence-electron chi connectivity index (χ4n) is 1.23. The van der Waals surface area contributed by atoms with Crippen LogP contribution in [0.25, 0.3) is 0 Å². The molecule has 1 aromatic rings. The molecule has 0 radical (unpaired) electrons. The number of hydrogen-bond donors (Lipinski definition) is 2. The maximum Gasteiger partial charge on any atom is 0.277 e. The number of nitrogens with one attached hydrogen (secondary N) is 1. The summed E-state index contributed by atoms with van der Waals surface area (Å²) in [6.45, 7) is -1.51. The Morgan fingerprint density at radius 1 is 1.48 bits per heavy atom. The van der Waals surface area contributed by atoms with Gasteiger partial charge in [0, 0.05) is 5.02 Å². The minimum atomic E-state index is -3.09. The van der Waals surface area contributed by atoms with Crippen LogP contribution in [-0.4, -0.2) is 31.5 Å². The molecule has 9 heteroatoms. The van der Waals surface area contributed by atoms with Gasteiger partial charge in [0.15, 0.2) is 0 Å². The third-order valence-corrected chi connectivity index (χ3v) is 3.18. The number of hydrogen-bond acceptors (Lipinski definition) is 3. The van der Waals surface area contributed by atoms with Gasteiger partial charge in [-0.3, -0.25) is 4.79 Å². The van der Waals surface area contributed by atoms with Gasteiger partial charge in [0.1, 0.15) is 5.75 Å². The third-order valence-electron chi connectivity index (χ3n) is 2.32. The topological polar surface area (TPSA) is 64.3 Å².